The number of aromatic nitrogens is 2. The van der Waals surface area contributed by atoms with Gasteiger partial charge in [0, 0.05) is 29.9 Å². The van der Waals surface area contributed by atoms with Gasteiger partial charge in [-0.3, -0.25) is 10.00 Å². The number of carboxylic acids is 1. The average molecular weight is 409 g/mol. The standard InChI is InChI=1S/C22H23N3O5/c1-14-18(9-23-24-14)11-25(2)10-17-7-15(3-5-19(17)28-12-22(26)27)16-4-6-20-21(8-16)30-13-29-20/h3-9H,10-13H2,1-2H3,(H,23,24)(H,26,27). The lowest BCUT2D eigenvalue weighted by Gasteiger charge is -2.19. The van der Waals surface area contributed by atoms with Gasteiger partial charge >= 0.3 is 5.97 Å². The molecule has 0 spiro atoms. The number of hydrogen-bond acceptors (Lipinski definition) is 6. The first kappa shape index (κ1) is 19.8. The highest BCUT2D eigenvalue weighted by atomic mass is 16.7. The van der Waals surface area contributed by atoms with Crippen LogP contribution < -0.4 is 14.2 Å². The van der Waals surface area contributed by atoms with Crippen molar-refractivity contribution in [2.45, 2.75) is 20.0 Å². The van der Waals surface area contributed by atoms with E-state index < -0.39 is 5.97 Å². The molecule has 156 valence electrons. The van der Waals surface area contributed by atoms with Gasteiger partial charge in [0.15, 0.2) is 18.1 Å². The van der Waals surface area contributed by atoms with E-state index >= 15 is 0 Å². The maximum atomic E-state index is 11.0. The Kier molecular flexibility index (Phi) is 5.58. The first-order valence-electron chi connectivity index (χ1n) is 9.54. The number of H-pyrrole nitrogens is 1. The summed E-state index contributed by atoms with van der Waals surface area (Å²) >= 11 is 0. The molecule has 0 radical (unpaired) electrons. The Balaban J connectivity index is 1.60. The van der Waals surface area contributed by atoms with Crippen molar-refractivity contribution in [3.05, 3.63) is 59.4 Å². The molecule has 8 heteroatoms. The van der Waals surface area contributed by atoms with E-state index in [1.807, 2.05) is 56.6 Å². The van der Waals surface area contributed by atoms with Crippen LogP contribution in [0.4, 0.5) is 0 Å². The Morgan fingerprint density at radius 1 is 1.13 bits per heavy atom. The van der Waals surface area contributed by atoms with E-state index in [0.717, 1.165) is 33.7 Å². The third-order valence-corrected chi connectivity index (χ3v) is 4.93. The number of aryl methyl sites for hydroxylation is 1. The lowest BCUT2D eigenvalue weighted by atomic mass is 10.0. The summed E-state index contributed by atoms with van der Waals surface area (Å²) in [7, 11) is 2.00. The normalized spacial score (nSPS) is 12.4. The number of ether oxygens (including phenoxy) is 3. The monoisotopic (exact) mass is 409 g/mol. The fraction of sp³-hybridized carbons (Fsp3) is 0.273. The van der Waals surface area contributed by atoms with Crippen molar-refractivity contribution in [1.82, 2.24) is 15.1 Å². The predicted molar refractivity (Wildman–Crippen MR) is 110 cm³/mol. The summed E-state index contributed by atoms with van der Waals surface area (Å²) in [6.45, 7) is 3.11. The summed E-state index contributed by atoms with van der Waals surface area (Å²) in [6, 6.07) is 11.6. The van der Waals surface area contributed by atoms with Crippen molar-refractivity contribution >= 4 is 5.97 Å². The molecule has 3 aromatic rings. The lowest BCUT2D eigenvalue weighted by Crippen LogP contribution is -2.19. The first-order valence-corrected chi connectivity index (χ1v) is 9.54. The highest BCUT2D eigenvalue weighted by molar-refractivity contribution is 5.70. The highest BCUT2D eigenvalue weighted by Gasteiger charge is 2.16. The van der Waals surface area contributed by atoms with Crippen LogP contribution in [0.15, 0.2) is 42.6 Å². The van der Waals surface area contributed by atoms with Crippen LogP contribution in [-0.4, -0.2) is 46.6 Å². The average Bonchev–Trinajstić information content (AvgIpc) is 3.35. The minimum atomic E-state index is -1.01. The molecular weight excluding hydrogens is 386 g/mol. The Bertz CT molecular complexity index is 1060. The van der Waals surface area contributed by atoms with Gasteiger partial charge in [-0.05, 0) is 49.4 Å². The molecule has 0 fully saturated rings. The van der Waals surface area contributed by atoms with E-state index in [4.69, 9.17) is 19.3 Å². The van der Waals surface area contributed by atoms with Crippen LogP contribution in [0.1, 0.15) is 16.8 Å². The Labute approximate surface area is 174 Å². The van der Waals surface area contributed by atoms with E-state index in [9.17, 15) is 4.79 Å². The molecule has 0 saturated heterocycles. The Morgan fingerprint density at radius 3 is 2.63 bits per heavy atom. The number of aliphatic carboxylic acids is 1. The van der Waals surface area contributed by atoms with Crippen molar-refractivity contribution in [1.29, 1.82) is 0 Å². The molecule has 1 aliphatic heterocycles. The molecular formula is C22H23N3O5. The molecule has 1 aromatic heterocycles. The van der Waals surface area contributed by atoms with E-state index in [0.29, 0.717) is 24.6 Å². The van der Waals surface area contributed by atoms with Crippen LogP contribution >= 0.6 is 0 Å². The molecule has 2 N–H and O–H groups in total. The molecule has 0 amide bonds. The van der Waals surface area contributed by atoms with Crippen molar-refractivity contribution in [3.8, 4) is 28.4 Å². The number of fused-ring (bicyclic) bond motifs is 1. The van der Waals surface area contributed by atoms with E-state index in [2.05, 4.69) is 15.1 Å². The summed E-state index contributed by atoms with van der Waals surface area (Å²) in [5.41, 5.74) is 5.00. The van der Waals surface area contributed by atoms with E-state index in [1.54, 1.807) is 0 Å². The smallest absolute Gasteiger partial charge is 0.341 e. The van der Waals surface area contributed by atoms with Gasteiger partial charge in [0.25, 0.3) is 0 Å². The molecule has 0 bridgehead atoms. The summed E-state index contributed by atoms with van der Waals surface area (Å²) in [5.74, 6) is 0.990. The molecule has 0 atom stereocenters. The number of carbonyl (C=O) groups is 1. The van der Waals surface area contributed by atoms with Crippen LogP contribution in [0.3, 0.4) is 0 Å². The minimum absolute atomic E-state index is 0.226. The van der Waals surface area contributed by atoms with Crippen molar-refractivity contribution < 1.29 is 24.1 Å². The fourth-order valence-electron chi connectivity index (χ4n) is 3.41. The Hall–Kier alpha value is -3.52. The number of rotatable bonds is 8. The van der Waals surface area contributed by atoms with Crippen molar-refractivity contribution in [3.63, 3.8) is 0 Å². The summed E-state index contributed by atoms with van der Waals surface area (Å²) in [6.07, 6.45) is 1.82. The number of nitrogens with zero attached hydrogens (tertiary/aromatic N) is 2. The van der Waals surface area contributed by atoms with E-state index in [1.165, 1.54) is 0 Å². The molecule has 8 nitrogen and oxygen atoms in total. The molecule has 4 rings (SSSR count). The first-order chi connectivity index (χ1) is 14.5. The van der Waals surface area contributed by atoms with E-state index in [-0.39, 0.29) is 13.4 Å². The highest BCUT2D eigenvalue weighted by Crippen LogP contribution is 2.37. The molecule has 1 aliphatic rings. The molecule has 0 aliphatic carbocycles. The Morgan fingerprint density at radius 2 is 1.87 bits per heavy atom. The summed E-state index contributed by atoms with van der Waals surface area (Å²) in [4.78, 5) is 13.1. The van der Waals surface area contributed by atoms with Crippen LogP contribution in [0.5, 0.6) is 17.2 Å². The van der Waals surface area contributed by atoms with Crippen LogP contribution in [0.2, 0.25) is 0 Å². The van der Waals surface area contributed by atoms with Gasteiger partial charge in [-0.2, -0.15) is 5.10 Å². The summed E-state index contributed by atoms with van der Waals surface area (Å²) < 4.78 is 16.4. The van der Waals surface area contributed by atoms with Crippen molar-refractivity contribution in [2.24, 2.45) is 0 Å². The van der Waals surface area contributed by atoms with Crippen molar-refractivity contribution in [2.75, 3.05) is 20.4 Å². The number of carboxylic acid groups (broad SMARTS) is 1. The SMILES string of the molecule is Cc1[nH]ncc1CN(C)Cc1cc(-c2ccc3c(c2)OCO3)ccc1OCC(=O)O. The molecule has 0 saturated carbocycles. The van der Waals surface area contributed by atoms with Gasteiger partial charge in [0.05, 0.1) is 6.20 Å². The number of nitrogens with one attached hydrogen (secondary N) is 1. The third-order valence-electron chi connectivity index (χ3n) is 4.93. The van der Waals surface area contributed by atoms with Gasteiger partial charge < -0.3 is 19.3 Å². The van der Waals surface area contributed by atoms with Gasteiger partial charge in [-0.1, -0.05) is 12.1 Å². The zero-order chi connectivity index (χ0) is 21.1. The van der Waals surface area contributed by atoms with Crippen LogP contribution in [-0.2, 0) is 17.9 Å². The lowest BCUT2D eigenvalue weighted by molar-refractivity contribution is -0.139. The number of benzene rings is 2. The van der Waals surface area contributed by atoms with Gasteiger partial charge in [-0.15, -0.1) is 0 Å². The second-order valence-electron chi connectivity index (χ2n) is 7.27. The fourth-order valence-corrected chi connectivity index (χ4v) is 3.41. The van der Waals surface area contributed by atoms with Gasteiger partial charge in [0.1, 0.15) is 5.75 Å². The number of aromatic amines is 1. The van der Waals surface area contributed by atoms with Crippen LogP contribution in [0.25, 0.3) is 11.1 Å². The molecule has 2 heterocycles. The minimum Gasteiger partial charge on any atom is -0.482 e. The molecule has 30 heavy (non-hydrogen) atoms. The maximum Gasteiger partial charge on any atom is 0.341 e. The maximum absolute atomic E-state index is 11.0. The second kappa shape index (κ2) is 8.46. The van der Waals surface area contributed by atoms with Gasteiger partial charge in [-0.25, -0.2) is 4.79 Å². The summed E-state index contributed by atoms with van der Waals surface area (Å²) in [5, 5.41) is 16.0. The quantitative estimate of drug-likeness (QED) is 0.590. The largest absolute Gasteiger partial charge is 0.482 e. The van der Waals surface area contributed by atoms with Crippen LogP contribution in [0, 0.1) is 6.92 Å². The molecule has 0 unspecified atom stereocenters. The zero-order valence-corrected chi connectivity index (χ0v) is 16.8. The third kappa shape index (κ3) is 4.38. The molecule has 2 aromatic carbocycles. The zero-order valence-electron chi connectivity index (χ0n) is 16.8. The second-order valence-corrected chi connectivity index (χ2v) is 7.27. The van der Waals surface area contributed by atoms with Gasteiger partial charge in [0.2, 0.25) is 6.79 Å². The predicted octanol–water partition coefficient (Wildman–Crippen LogP) is 3.21. The topological polar surface area (TPSA) is 96.9 Å². The number of hydrogen-bond donors (Lipinski definition) is 2.